The Hall–Kier alpha value is -0.390. The van der Waals surface area contributed by atoms with E-state index in [-0.39, 0.29) is 11.3 Å². The molecule has 0 spiro atoms. The van der Waals surface area contributed by atoms with E-state index < -0.39 is 0 Å². The largest absolute Gasteiger partial charge is 0.338 e. The normalized spacial score (nSPS) is 11.6. The third-order valence-electron chi connectivity index (χ3n) is 2.65. The summed E-state index contributed by atoms with van der Waals surface area (Å²) in [5.74, 6) is 0.0796. The molecular formula is C12H19BrN2OS. The Morgan fingerprint density at radius 3 is 2.65 bits per heavy atom. The average Bonchev–Trinajstić information content (AvgIpc) is 2.72. The molecule has 1 rings (SSSR count). The molecule has 0 aromatic carbocycles. The Balaban J connectivity index is 2.78. The first kappa shape index (κ1) is 14.7. The maximum Gasteiger partial charge on any atom is 0.254 e. The number of amides is 1. The molecule has 0 bridgehead atoms. The number of hydrogen-bond acceptors (Lipinski definition) is 3. The zero-order chi connectivity index (χ0) is 13.1. The van der Waals surface area contributed by atoms with Crippen molar-refractivity contribution < 1.29 is 4.79 Å². The van der Waals surface area contributed by atoms with Crippen molar-refractivity contribution in [3.05, 3.63) is 20.8 Å². The van der Waals surface area contributed by atoms with Gasteiger partial charge in [-0.05, 0) is 40.9 Å². The number of nitrogens with zero attached hydrogens (tertiary/aromatic N) is 1. The molecular weight excluding hydrogens is 300 g/mol. The van der Waals surface area contributed by atoms with E-state index in [9.17, 15) is 4.79 Å². The van der Waals surface area contributed by atoms with Crippen molar-refractivity contribution in [2.45, 2.75) is 20.8 Å². The highest BCUT2D eigenvalue weighted by Crippen LogP contribution is 2.23. The Labute approximate surface area is 115 Å². The summed E-state index contributed by atoms with van der Waals surface area (Å²) >= 11 is 4.90. The van der Waals surface area contributed by atoms with Crippen molar-refractivity contribution in [2.24, 2.45) is 11.1 Å². The highest BCUT2D eigenvalue weighted by Gasteiger charge is 2.23. The van der Waals surface area contributed by atoms with Crippen LogP contribution in [-0.2, 0) is 0 Å². The molecule has 5 heteroatoms. The Morgan fingerprint density at radius 1 is 1.59 bits per heavy atom. The van der Waals surface area contributed by atoms with Gasteiger partial charge in [0.15, 0.2) is 0 Å². The quantitative estimate of drug-likeness (QED) is 0.907. The van der Waals surface area contributed by atoms with Crippen LogP contribution in [0.25, 0.3) is 0 Å². The van der Waals surface area contributed by atoms with E-state index in [0.29, 0.717) is 19.6 Å². The second kappa shape index (κ2) is 5.98. The molecule has 1 aromatic rings. The topological polar surface area (TPSA) is 46.3 Å². The van der Waals surface area contributed by atoms with Crippen LogP contribution < -0.4 is 5.73 Å². The fourth-order valence-electron chi connectivity index (χ4n) is 1.51. The third-order valence-corrected chi connectivity index (χ3v) is 4.16. The molecule has 1 heterocycles. The van der Waals surface area contributed by atoms with Gasteiger partial charge in [-0.2, -0.15) is 0 Å². The van der Waals surface area contributed by atoms with Gasteiger partial charge in [0.2, 0.25) is 0 Å². The lowest BCUT2D eigenvalue weighted by molar-refractivity contribution is 0.0701. The van der Waals surface area contributed by atoms with E-state index in [2.05, 4.69) is 29.8 Å². The Kier molecular flexibility index (Phi) is 5.16. The SMILES string of the molecule is CCN(CC(C)(C)CN)C(=O)c1csc(Br)c1. The maximum atomic E-state index is 12.3. The van der Waals surface area contributed by atoms with Gasteiger partial charge in [0.05, 0.1) is 9.35 Å². The van der Waals surface area contributed by atoms with Crippen molar-refractivity contribution >= 4 is 33.2 Å². The molecule has 0 aliphatic rings. The maximum absolute atomic E-state index is 12.3. The highest BCUT2D eigenvalue weighted by molar-refractivity contribution is 9.11. The molecule has 1 aromatic heterocycles. The molecule has 0 atom stereocenters. The van der Waals surface area contributed by atoms with Crippen LogP contribution in [0, 0.1) is 5.41 Å². The molecule has 0 aliphatic heterocycles. The zero-order valence-electron chi connectivity index (χ0n) is 10.5. The number of halogens is 1. The molecule has 0 unspecified atom stereocenters. The van der Waals surface area contributed by atoms with Gasteiger partial charge < -0.3 is 10.6 Å². The first-order valence-electron chi connectivity index (χ1n) is 5.63. The lowest BCUT2D eigenvalue weighted by Crippen LogP contribution is -2.41. The van der Waals surface area contributed by atoms with Gasteiger partial charge in [0.25, 0.3) is 5.91 Å². The summed E-state index contributed by atoms with van der Waals surface area (Å²) in [6, 6.07) is 1.87. The van der Waals surface area contributed by atoms with Gasteiger partial charge in [-0.25, -0.2) is 0 Å². The Morgan fingerprint density at radius 2 is 2.24 bits per heavy atom. The van der Waals surface area contributed by atoms with Gasteiger partial charge in [-0.3, -0.25) is 4.79 Å². The summed E-state index contributed by atoms with van der Waals surface area (Å²) in [7, 11) is 0. The van der Waals surface area contributed by atoms with Crippen molar-refractivity contribution in [1.82, 2.24) is 4.90 Å². The number of carbonyl (C=O) groups excluding carboxylic acids is 1. The van der Waals surface area contributed by atoms with Crippen LogP contribution in [0.5, 0.6) is 0 Å². The van der Waals surface area contributed by atoms with Crippen molar-refractivity contribution in [1.29, 1.82) is 0 Å². The standard InChI is InChI=1S/C12H19BrN2OS/c1-4-15(8-12(2,3)7-14)11(16)9-5-10(13)17-6-9/h5-6H,4,7-8,14H2,1-3H3. The van der Waals surface area contributed by atoms with Crippen LogP contribution in [0.2, 0.25) is 0 Å². The fraction of sp³-hybridized carbons (Fsp3) is 0.583. The van der Waals surface area contributed by atoms with E-state index >= 15 is 0 Å². The van der Waals surface area contributed by atoms with Crippen LogP contribution in [0.4, 0.5) is 0 Å². The number of thiophene rings is 1. The summed E-state index contributed by atoms with van der Waals surface area (Å²) in [4.78, 5) is 14.1. The minimum absolute atomic E-state index is 0.0427. The smallest absolute Gasteiger partial charge is 0.254 e. The van der Waals surface area contributed by atoms with Crippen LogP contribution >= 0.6 is 27.3 Å². The summed E-state index contributed by atoms with van der Waals surface area (Å²) in [5, 5.41) is 1.88. The van der Waals surface area contributed by atoms with Gasteiger partial charge >= 0.3 is 0 Å². The summed E-state index contributed by atoms with van der Waals surface area (Å²) in [6.07, 6.45) is 0. The molecule has 0 fully saturated rings. The highest BCUT2D eigenvalue weighted by atomic mass is 79.9. The number of rotatable bonds is 5. The van der Waals surface area contributed by atoms with E-state index in [1.54, 1.807) is 0 Å². The number of carbonyl (C=O) groups is 1. The molecule has 3 nitrogen and oxygen atoms in total. The third kappa shape index (κ3) is 4.08. The van der Waals surface area contributed by atoms with Gasteiger partial charge in [-0.1, -0.05) is 13.8 Å². The summed E-state index contributed by atoms with van der Waals surface area (Å²) < 4.78 is 0.981. The molecule has 96 valence electrons. The molecule has 1 amide bonds. The van der Waals surface area contributed by atoms with Crippen molar-refractivity contribution in [3.8, 4) is 0 Å². The van der Waals surface area contributed by atoms with Crippen LogP contribution in [0.3, 0.4) is 0 Å². The number of nitrogens with two attached hydrogens (primary N) is 1. The van der Waals surface area contributed by atoms with Crippen LogP contribution in [0.1, 0.15) is 31.1 Å². The second-order valence-electron chi connectivity index (χ2n) is 4.83. The first-order valence-corrected chi connectivity index (χ1v) is 7.30. The minimum atomic E-state index is -0.0427. The predicted octanol–water partition coefficient (Wildman–Crippen LogP) is 2.96. The van der Waals surface area contributed by atoms with Crippen molar-refractivity contribution in [2.75, 3.05) is 19.6 Å². The number of hydrogen-bond donors (Lipinski definition) is 1. The van der Waals surface area contributed by atoms with E-state index in [4.69, 9.17) is 5.73 Å². The van der Waals surface area contributed by atoms with Gasteiger partial charge in [0.1, 0.15) is 0 Å². The van der Waals surface area contributed by atoms with Crippen LogP contribution in [0.15, 0.2) is 15.2 Å². The van der Waals surface area contributed by atoms with E-state index in [1.807, 2.05) is 23.3 Å². The lowest BCUT2D eigenvalue weighted by Gasteiger charge is -2.30. The average molecular weight is 319 g/mol. The molecule has 0 saturated heterocycles. The van der Waals surface area contributed by atoms with Gasteiger partial charge in [0, 0.05) is 18.5 Å². The predicted molar refractivity (Wildman–Crippen MR) is 76.4 cm³/mol. The molecule has 0 aliphatic carbocycles. The summed E-state index contributed by atoms with van der Waals surface area (Å²) in [5.41, 5.74) is 6.41. The lowest BCUT2D eigenvalue weighted by atomic mass is 9.93. The van der Waals surface area contributed by atoms with E-state index in [0.717, 1.165) is 9.35 Å². The fourth-order valence-corrected chi connectivity index (χ4v) is 2.64. The summed E-state index contributed by atoms with van der Waals surface area (Å²) in [6.45, 7) is 8.11. The zero-order valence-corrected chi connectivity index (χ0v) is 12.9. The Bertz CT molecular complexity index is 390. The minimum Gasteiger partial charge on any atom is -0.338 e. The van der Waals surface area contributed by atoms with Crippen molar-refractivity contribution in [3.63, 3.8) is 0 Å². The molecule has 17 heavy (non-hydrogen) atoms. The van der Waals surface area contributed by atoms with Gasteiger partial charge in [-0.15, -0.1) is 11.3 Å². The molecule has 2 N–H and O–H groups in total. The van der Waals surface area contributed by atoms with Crippen LogP contribution in [-0.4, -0.2) is 30.4 Å². The first-order chi connectivity index (χ1) is 7.89. The monoisotopic (exact) mass is 318 g/mol. The molecule has 0 saturated carbocycles. The second-order valence-corrected chi connectivity index (χ2v) is 7.12. The van der Waals surface area contributed by atoms with E-state index in [1.165, 1.54) is 11.3 Å². The molecule has 0 radical (unpaired) electrons.